The van der Waals surface area contributed by atoms with Gasteiger partial charge in [0.1, 0.15) is 24.2 Å². The van der Waals surface area contributed by atoms with Crippen LogP contribution in [0.3, 0.4) is 0 Å². The number of hydrogen-bond acceptors (Lipinski definition) is 4. The van der Waals surface area contributed by atoms with Gasteiger partial charge in [-0.2, -0.15) is 0 Å². The van der Waals surface area contributed by atoms with Crippen LogP contribution in [0.15, 0.2) is 77.7 Å². The number of hydrogen-bond donors (Lipinski definition) is 1. The van der Waals surface area contributed by atoms with Crippen LogP contribution in [0.1, 0.15) is 24.5 Å². The van der Waals surface area contributed by atoms with E-state index in [9.17, 15) is 26.8 Å². The zero-order valence-electron chi connectivity index (χ0n) is 20.8. The van der Waals surface area contributed by atoms with E-state index in [0.717, 1.165) is 11.6 Å². The number of amides is 2. The zero-order valence-corrected chi connectivity index (χ0v) is 21.6. The number of carbonyl (C=O) groups is 2. The van der Waals surface area contributed by atoms with Gasteiger partial charge < -0.3 is 10.2 Å². The predicted molar refractivity (Wildman–Crippen MR) is 137 cm³/mol. The van der Waals surface area contributed by atoms with Gasteiger partial charge in [-0.25, -0.2) is 17.2 Å². The maximum atomic E-state index is 14.9. The van der Waals surface area contributed by atoms with Crippen molar-refractivity contribution in [2.24, 2.45) is 0 Å². The Bertz CT molecular complexity index is 1350. The molecule has 2 amide bonds. The number of para-hydroxylation sites is 1. The van der Waals surface area contributed by atoms with Gasteiger partial charge >= 0.3 is 0 Å². The second-order valence-electron chi connectivity index (χ2n) is 8.46. The van der Waals surface area contributed by atoms with Crippen molar-refractivity contribution in [2.75, 3.05) is 17.9 Å². The summed E-state index contributed by atoms with van der Waals surface area (Å²) in [6.07, 6.45) is 0.233. The smallest absolute Gasteiger partial charge is 0.264 e. The quantitative estimate of drug-likeness (QED) is 0.430. The number of halogens is 2. The highest BCUT2D eigenvalue weighted by Gasteiger charge is 2.34. The minimum absolute atomic E-state index is 0.0826. The molecular formula is C27H29F2N3O4S. The van der Waals surface area contributed by atoms with E-state index >= 15 is 0 Å². The maximum absolute atomic E-state index is 14.9. The monoisotopic (exact) mass is 529 g/mol. The van der Waals surface area contributed by atoms with Crippen LogP contribution < -0.4 is 9.62 Å². The summed E-state index contributed by atoms with van der Waals surface area (Å²) in [5, 5.41) is 2.52. The molecule has 0 spiro atoms. The summed E-state index contributed by atoms with van der Waals surface area (Å²) in [6.45, 7) is 2.67. The van der Waals surface area contributed by atoms with Gasteiger partial charge in [-0.05, 0) is 55.3 Å². The first-order valence-corrected chi connectivity index (χ1v) is 13.1. The summed E-state index contributed by atoms with van der Waals surface area (Å²) < 4.78 is 56.3. The molecule has 0 saturated heterocycles. The normalized spacial score (nSPS) is 12.0. The van der Waals surface area contributed by atoms with E-state index in [1.165, 1.54) is 66.5 Å². The van der Waals surface area contributed by atoms with Gasteiger partial charge in [0.15, 0.2) is 0 Å². The van der Waals surface area contributed by atoms with Crippen molar-refractivity contribution in [2.45, 2.75) is 37.8 Å². The van der Waals surface area contributed by atoms with Crippen LogP contribution in [0, 0.1) is 18.6 Å². The second-order valence-corrected chi connectivity index (χ2v) is 10.3. The van der Waals surface area contributed by atoms with Crippen LogP contribution in [0.5, 0.6) is 0 Å². The van der Waals surface area contributed by atoms with Gasteiger partial charge in [-0.3, -0.25) is 13.9 Å². The van der Waals surface area contributed by atoms with Crippen molar-refractivity contribution in [3.05, 3.63) is 95.6 Å². The fourth-order valence-corrected chi connectivity index (χ4v) is 5.30. The summed E-state index contributed by atoms with van der Waals surface area (Å²) in [5.41, 5.74) is 1.07. The molecule has 1 unspecified atom stereocenters. The fraction of sp³-hybridized carbons (Fsp3) is 0.259. The zero-order chi connectivity index (χ0) is 27.2. The van der Waals surface area contributed by atoms with Crippen LogP contribution in [0.4, 0.5) is 14.5 Å². The Labute approximate surface area is 215 Å². The average molecular weight is 530 g/mol. The Kier molecular flexibility index (Phi) is 8.99. The fourth-order valence-electron chi connectivity index (χ4n) is 3.88. The van der Waals surface area contributed by atoms with Gasteiger partial charge in [-0.1, -0.05) is 48.9 Å². The van der Waals surface area contributed by atoms with Crippen molar-refractivity contribution in [1.29, 1.82) is 0 Å². The SMILES string of the molecule is CCC(C(=O)NC)N(Cc1ccc(F)cc1)C(=O)CN(c1ccccc1F)S(=O)(=O)c1ccc(C)cc1. The number of aryl methyl sites for hydroxylation is 1. The number of carbonyl (C=O) groups excluding carboxylic acids is 2. The Morgan fingerprint density at radius 3 is 2.14 bits per heavy atom. The standard InChI is InChI=1S/C27H29F2N3O4S/c1-4-24(27(34)30-3)31(17-20-11-13-21(28)14-12-20)26(33)18-32(25-8-6-5-7-23(25)29)37(35,36)22-15-9-19(2)10-16-22/h5-16,24H,4,17-18H2,1-3H3,(H,30,34). The highest BCUT2D eigenvalue weighted by atomic mass is 32.2. The summed E-state index contributed by atoms with van der Waals surface area (Å²) >= 11 is 0. The summed E-state index contributed by atoms with van der Waals surface area (Å²) in [5.74, 6) is -2.46. The molecule has 37 heavy (non-hydrogen) atoms. The number of nitrogens with one attached hydrogen (secondary N) is 1. The number of benzene rings is 3. The molecule has 3 rings (SSSR count). The molecule has 0 aliphatic rings. The first-order valence-electron chi connectivity index (χ1n) is 11.7. The van der Waals surface area contributed by atoms with E-state index < -0.39 is 46.1 Å². The third kappa shape index (κ3) is 6.51. The maximum Gasteiger partial charge on any atom is 0.264 e. The molecule has 1 atom stereocenters. The minimum Gasteiger partial charge on any atom is -0.357 e. The highest BCUT2D eigenvalue weighted by Crippen LogP contribution is 2.27. The number of rotatable bonds is 10. The van der Waals surface area contributed by atoms with E-state index in [-0.39, 0.29) is 23.5 Å². The van der Waals surface area contributed by atoms with Crippen molar-refractivity contribution < 1.29 is 26.8 Å². The minimum atomic E-state index is -4.36. The Hall–Kier alpha value is -3.79. The lowest BCUT2D eigenvalue weighted by atomic mass is 10.1. The Balaban J connectivity index is 2.06. The first kappa shape index (κ1) is 27.8. The van der Waals surface area contributed by atoms with Crippen LogP contribution in [0.25, 0.3) is 0 Å². The number of likely N-dealkylation sites (N-methyl/N-ethyl adjacent to an activating group) is 1. The number of nitrogens with zero attached hydrogens (tertiary/aromatic N) is 2. The van der Waals surface area contributed by atoms with Crippen molar-refractivity contribution in [3.8, 4) is 0 Å². The lowest BCUT2D eigenvalue weighted by Crippen LogP contribution is -2.51. The summed E-state index contributed by atoms with van der Waals surface area (Å²) in [6, 6.07) is 15.7. The van der Waals surface area contributed by atoms with E-state index in [2.05, 4.69) is 5.32 Å². The third-order valence-corrected chi connectivity index (χ3v) is 7.68. The molecule has 0 fully saturated rings. The van der Waals surface area contributed by atoms with Gasteiger partial charge in [0.25, 0.3) is 10.0 Å². The summed E-state index contributed by atoms with van der Waals surface area (Å²) in [7, 11) is -2.93. The van der Waals surface area contributed by atoms with Gasteiger partial charge in [0, 0.05) is 13.6 Å². The number of sulfonamides is 1. The third-order valence-electron chi connectivity index (χ3n) is 5.91. The predicted octanol–water partition coefficient (Wildman–Crippen LogP) is 4.02. The molecule has 0 aromatic heterocycles. The van der Waals surface area contributed by atoms with Crippen molar-refractivity contribution >= 4 is 27.5 Å². The number of anilines is 1. The van der Waals surface area contributed by atoms with Crippen LogP contribution in [0.2, 0.25) is 0 Å². The molecule has 7 nitrogen and oxygen atoms in total. The molecule has 0 aliphatic carbocycles. The average Bonchev–Trinajstić information content (AvgIpc) is 2.88. The van der Waals surface area contributed by atoms with Crippen LogP contribution in [-0.4, -0.2) is 44.8 Å². The lowest BCUT2D eigenvalue weighted by molar-refractivity contribution is -0.140. The lowest BCUT2D eigenvalue weighted by Gasteiger charge is -2.33. The van der Waals surface area contributed by atoms with E-state index in [4.69, 9.17) is 0 Å². The molecule has 0 heterocycles. The topological polar surface area (TPSA) is 86.8 Å². The van der Waals surface area contributed by atoms with Crippen LogP contribution >= 0.6 is 0 Å². The van der Waals surface area contributed by atoms with Gasteiger partial charge in [-0.15, -0.1) is 0 Å². The van der Waals surface area contributed by atoms with Gasteiger partial charge in [0.05, 0.1) is 10.6 Å². The molecule has 0 saturated carbocycles. The molecule has 196 valence electrons. The van der Waals surface area contributed by atoms with E-state index in [0.29, 0.717) is 9.87 Å². The molecule has 10 heteroatoms. The molecule has 0 aliphatic heterocycles. The highest BCUT2D eigenvalue weighted by molar-refractivity contribution is 7.92. The first-order chi connectivity index (χ1) is 17.6. The Morgan fingerprint density at radius 1 is 0.946 bits per heavy atom. The van der Waals surface area contributed by atoms with Crippen molar-refractivity contribution in [1.82, 2.24) is 10.2 Å². The molecule has 1 N–H and O–H groups in total. The molecule has 0 radical (unpaired) electrons. The van der Waals surface area contributed by atoms with E-state index in [1.807, 2.05) is 0 Å². The molecule has 3 aromatic rings. The molecule has 0 bridgehead atoms. The van der Waals surface area contributed by atoms with Crippen LogP contribution in [-0.2, 0) is 26.2 Å². The Morgan fingerprint density at radius 2 is 1.57 bits per heavy atom. The van der Waals surface area contributed by atoms with E-state index in [1.54, 1.807) is 26.0 Å². The second kappa shape index (κ2) is 12.0. The summed E-state index contributed by atoms with van der Waals surface area (Å²) in [4.78, 5) is 27.5. The largest absolute Gasteiger partial charge is 0.357 e. The van der Waals surface area contributed by atoms with Gasteiger partial charge in [0.2, 0.25) is 11.8 Å². The molecule has 3 aromatic carbocycles. The molecular weight excluding hydrogens is 500 g/mol. The van der Waals surface area contributed by atoms with Crippen molar-refractivity contribution in [3.63, 3.8) is 0 Å².